The summed E-state index contributed by atoms with van der Waals surface area (Å²) >= 11 is 0. The standard InChI is InChI=1S/C13H12F3NO3/c1-2-20-12(19)11(18)7-3-4-9-8(5-7)6-10(17-9)13(14,15)16/h3-6,11,17-18H,2H2,1H3. The van der Waals surface area contributed by atoms with Crippen LogP contribution in [-0.4, -0.2) is 22.7 Å². The first kappa shape index (κ1) is 14.4. The topological polar surface area (TPSA) is 62.3 Å². The minimum Gasteiger partial charge on any atom is -0.464 e. The fraction of sp³-hybridized carbons (Fsp3) is 0.308. The Morgan fingerprint density at radius 2 is 2.10 bits per heavy atom. The molecule has 0 aliphatic rings. The molecule has 0 spiro atoms. The van der Waals surface area contributed by atoms with Gasteiger partial charge in [-0.15, -0.1) is 0 Å². The van der Waals surface area contributed by atoms with Crippen molar-refractivity contribution >= 4 is 16.9 Å². The molecule has 4 nitrogen and oxygen atoms in total. The Morgan fingerprint density at radius 1 is 1.40 bits per heavy atom. The van der Waals surface area contributed by atoms with Gasteiger partial charge in [-0.05, 0) is 30.7 Å². The average molecular weight is 287 g/mol. The maximum absolute atomic E-state index is 12.6. The van der Waals surface area contributed by atoms with Crippen LogP contribution in [0.5, 0.6) is 0 Å². The van der Waals surface area contributed by atoms with Crippen molar-refractivity contribution in [2.24, 2.45) is 0 Å². The van der Waals surface area contributed by atoms with Gasteiger partial charge in [0.15, 0.2) is 6.10 Å². The Labute approximate surface area is 112 Å². The molecule has 1 heterocycles. The van der Waals surface area contributed by atoms with E-state index in [1.165, 1.54) is 18.2 Å². The summed E-state index contributed by atoms with van der Waals surface area (Å²) in [5.41, 5.74) is -0.420. The first-order valence-corrected chi connectivity index (χ1v) is 5.87. The van der Waals surface area contributed by atoms with Crippen LogP contribution in [0.2, 0.25) is 0 Å². The molecule has 0 aliphatic carbocycles. The number of fused-ring (bicyclic) bond motifs is 1. The van der Waals surface area contributed by atoms with Crippen molar-refractivity contribution in [3.05, 3.63) is 35.5 Å². The second kappa shape index (κ2) is 5.16. The van der Waals surface area contributed by atoms with Crippen LogP contribution in [0.1, 0.15) is 24.3 Å². The van der Waals surface area contributed by atoms with Crippen molar-refractivity contribution in [3.8, 4) is 0 Å². The van der Waals surface area contributed by atoms with Gasteiger partial charge >= 0.3 is 12.1 Å². The molecule has 0 fully saturated rings. The van der Waals surface area contributed by atoms with E-state index in [2.05, 4.69) is 9.72 Å². The first-order valence-electron chi connectivity index (χ1n) is 5.87. The maximum atomic E-state index is 12.6. The van der Waals surface area contributed by atoms with Crippen LogP contribution < -0.4 is 0 Å². The number of benzene rings is 1. The fourth-order valence-corrected chi connectivity index (χ4v) is 1.83. The number of nitrogens with one attached hydrogen (secondary N) is 1. The normalized spacial score (nSPS) is 13.4. The number of hydrogen-bond acceptors (Lipinski definition) is 3. The van der Waals surface area contributed by atoms with E-state index in [1.807, 2.05) is 0 Å². The first-order chi connectivity index (χ1) is 9.32. The van der Waals surface area contributed by atoms with Crippen molar-refractivity contribution in [2.75, 3.05) is 6.61 Å². The number of hydrogen-bond donors (Lipinski definition) is 2. The molecule has 7 heteroatoms. The van der Waals surface area contributed by atoms with Gasteiger partial charge in [-0.25, -0.2) is 4.79 Å². The van der Waals surface area contributed by atoms with Crippen LogP contribution in [0.25, 0.3) is 10.9 Å². The zero-order valence-corrected chi connectivity index (χ0v) is 10.5. The zero-order valence-electron chi connectivity index (χ0n) is 10.5. The third kappa shape index (κ3) is 2.77. The van der Waals surface area contributed by atoms with Crippen LogP contribution in [0.4, 0.5) is 13.2 Å². The van der Waals surface area contributed by atoms with Crippen LogP contribution in [0, 0.1) is 0 Å². The molecule has 1 atom stereocenters. The summed E-state index contributed by atoms with van der Waals surface area (Å²) in [4.78, 5) is 13.6. The second-order valence-electron chi connectivity index (χ2n) is 4.18. The summed E-state index contributed by atoms with van der Waals surface area (Å²) in [7, 11) is 0. The van der Waals surface area contributed by atoms with Crippen molar-refractivity contribution in [2.45, 2.75) is 19.2 Å². The Bertz CT molecular complexity index is 633. The number of H-pyrrole nitrogens is 1. The van der Waals surface area contributed by atoms with E-state index in [9.17, 15) is 23.1 Å². The number of aromatic amines is 1. The third-order valence-corrected chi connectivity index (χ3v) is 2.78. The molecule has 2 rings (SSSR count). The zero-order chi connectivity index (χ0) is 14.9. The highest BCUT2D eigenvalue weighted by molar-refractivity contribution is 5.84. The monoisotopic (exact) mass is 287 g/mol. The summed E-state index contributed by atoms with van der Waals surface area (Å²) in [6.45, 7) is 1.70. The van der Waals surface area contributed by atoms with Crippen LogP contribution in [0.15, 0.2) is 24.3 Å². The molecule has 0 saturated heterocycles. The molecule has 2 N–H and O–H groups in total. The molecule has 20 heavy (non-hydrogen) atoms. The van der Waals surface area contributed by atoms with Gasteiger partial charge in [-0.1, -0.05) is 6.07 Å². The molecular weight excluding hydrogens is 275 g/mol. The van der Waals surface area contributed by atoms with E-state index in [0.29, 0.717) is 0 Å². The van der Waals surface area contributed by atoms with Crippen molar-refractivity contribution < 1.29 is 27.8 Å². The molecular formula is C13H12F3NO3. The Morgan fingerprint density at radius 3 is 2.70 bits per heavy atom. The molecule has 0 bridgehead atoms. The lowest BCUT2D eigenvalue weighted by Crippen LogP contribution is -2.15. The van der Waals surface area contributed by atoms with E-state index in [-0.39, 0.29) is 23.1 Å². The molecule has 1 aromatic carbocycles. The number of aromatic nitrogens is 1. The maximum Gasteiger partial charge on any atom is 0.431 e. The van der Waals surface area contributed by atoms with Gasteiger partial charge in [0, 0.05) is 10.9 Å². The van der Waals surface area contributed by atoms with Crippen molar-refractivity contribution in [3.63, 3.8) is 0 Å². The highest BCUT2D eigenvalue weighted by Gasteiger charge is 2.32. The minimum absolute atomic E-state index is 0.112. The number of alkyl halides is 3. The third-order valence-electron chi connectivity index (χ3n) is 2.78. The molecule has 0 amide bonds. The highest BCUT2D eigenvalue weighted by atomic mass is 19.4. The van der Waals surface area contributed by atoms with Gasteiger partial charge in [0.2, 0.25) is 0 Å². The number of aliphatic hydroxyl groups excluding tert-OH is 1. The summed E-state index contributed by atoms with van der Waals surface area (Å²) in [5, 5.41) is 10.0. The van der Waals surface area contributed by atoms with E-state index >= 15 is 0 Å². The predicted octanol–water partition coefficient (Wildman–Crippen LogP) is 2.78. The highest BCUT2D eigenvalue weighted by Crippen LogP contribution is 2.32. The molecule has 1 unspecified atom stereocenters. The van der Waals surface area contributed by atoms with Crippen LogP contribution in [-0.2, 0) is 15.7 Å². The molecule has 0 saturated carbocycles. The van der Waals surface area contributed by atoms with Crippen molar-refractivity contribution in [1.82, 2.24) is 4.98 Å². The van der Waals surface area contributed by atoms with Crippen LogP contribution in [0.3, 0.4) is 0 Å². The van der Waals surface area contributed by atoms with Gasteiger partial charge in [0.05, 0.1) is 6.61 Å². The smallest absolute Gasteiger partial charge is 0.431 e. The fourth-order valence-electron chi connectivity index (χ4n) is 1.83. The molecule has 108 valence electrons. The molecule has 0 radical (unpaired) electrons. The summed E-state index contributed by atoms with van der Waals surface area (Å²) < 4.78 is 42.3. The number of ether oxygens (including phenoxy) is 1. The average Bonchev–Trinajstić information content (AvgIpc) is 2.80. The second-order valence-corrected chi connectivity index (χ2v) is 4.18. The van der Waals surface area contributed by atoms with Gasteiger partial charge in [0.25, 0.3) is 0 Å². The predicted molar refractivity (Wildman–Crippen MR) is 64.9 cm³/mol. The largest absolute Gasteiger partial charge is 0.464 e. The quantitative estimate of drug-likeness (QED) is 0.853. The van der Waals surface area contributed by atoms with Gasteiger partial charge in [-0.3, -0.25) is 0 Å². The van der Waals surface area contributed by atoms with E-state index in [4.69, 9.17) is 0 Å². The lowest BCUT2D eigenvalue weighted by molar-refractivity contribution is -0.153. The van der Waals surface area contributed by atoms with Crippen LogP contribution >= 0.6 is 0 Å². The SMILES string of the molecule is CCOC(=O)C(O)c1ccc2[nH]c(C(F)(F)F)cc2c1. The summed E-state index contributed by atoms with van der Waals surface area (Å²) in [6.07, 6.45) is -5.98. The number of aliphatic hydroxyl groups is 1. The summed E-state index contributed by atoms with van der Waals surface area (Å²) in [6, 6.07) is 5.00. The van der Waals surface area contributed by atoms with E-state index < -0.39 is 23.9 Å². The van der Waals surface area contributed by atoms with Gasteiger partial charge in [0.1, 0.15) is 5.69 Å². The number of carbonyl (C=O) groups is 1. The molecule has 1 aromatic heterocycles. The summed E-state index contributed by atoms with van der Waals surface area (Å²) in [5.74, 6) is -0.835. The van der Waals surface area contributed by atoms with E-state index in [1.54, 1.807) is 6.92 Å². The number of carbonyl (C=O) groups excluding carboxylic acids is 1. The Kier molecular flexibility index (Phi) is 3.71. The number of rotatable bonds is 3. The van der Waals surface area contributed by atoms with Crippen molar-refractivity contribution in [1.29, 1.82) is 0 Å². The number of esters is 1. The number of halogens is 3. The Balaban J connectivity index is 2.36. The van der Waals surface area contributed by atoms with Gasteiger partial charge < -0.3 is 14.8 Å². The lowest BCUT2D eigenvalue weighted by atomic mass is 10.1. The lowest BCUT2D eigenvalue weighted by Gasteiger charge is -2.09. The molecule has 2 aromatic rings. The van der Waals surface area contributed by atoms with E-state index in [0.717, 1.165) is 6.07 Å². The van der Waals surface area contributed by atoms with Gasteiger partial charge in [-0.2, -0.15) is 13.2 Å². The Hall–Kier alpha value is -2.02. The minimum atomic E-state index is -4.47. The molecule has 0 aliphatic heterocycles.